The van der Waals surface area contributed by atoms with E-state index in [1.54, 1.807) is 6.07 Å². The molecule has 0 saturated heterocycles. The van der Waals surface area contributed by atoms with Gasteiger partial charge in [0.25, 0.3) is 0 Å². The molecule has 20 heavy (non-hydrogen) atoms. The number of rotatable bonds is 5. The van der Waals surface area contributed by atoms with Crippen molar-refractivity contribution in [1.29, 1.82) is 0 Å². The molecular formula is C17H27Cl2N. The second kappa shape index (κ2) is 7.15. The summed E-state index contributed by atoms with van der Waals surface area (Å²) in [5, 5.41) is 0.576. The molecule has 0 heterocycles. The highest BCUT2D eigenvalue weighted by Crippen LogP contribution is 2.51. The molecule has 1 aromatic carbocycles. The highest BCUT2D eigenvalue weighted by molar-refractivity contribution is 6.31. The smallest absolute Gasteiger partial charge is 0.0444 e. The predicted molar refractivity (Wildman–Crippen MR) is 91.2 cm³/mol. The molecule has 0 aliphatic heterocycles. The van der Waals surface area contributed by atoms with E-state index in [4.69, 9.17) is 19.8 Å². The van der Waals surface area contributed by atoms with Gasteiger partial charge in [0.1, 0.15) is 0 Å². The fourth-order valence-electron chi connectivity index (χ4n) is 3.23. The molecule has 1 aromatic rings. The molecule has 0 N–H and O–H groups in total. The minimum absolute atomic E-state index is 0. The highest BCUT2D eigenvalue weighted by atomic mass is 35.5. The normalized spacial score (nSPS) is 24.2. The first-order valence-electron chi connectivity index (χ1n) is 9.94. The Morgan fingerprint density at radius 3 is 2.40 bits per heavy atom. The van der Waals surface area contributed by atoms with Crippen LogP contribution in [0, 0.1) is 5.92 Å². The Morgan fingerprint density at radius 2 is 1.95 bits per heavy atom. The van der Waals surface area contributed by atoms with Crippen molar-refractivity contribution in [3.8, 4) is 0 Å². The van der Waals surface area contributed by atoms with Crippen molar-refractivity contribution in [3.05, 3.63) is 34.9 Å². The Labute approximate surface area is 143 Å². The molecule has 1 saturated carbocycles. The van der Waals surface area contributed by atoms with Crippen LogP contribution in [0.25, 0.3) is 0 Å². The molecule has 0 amide bonds. The first kappa shape index (κ1) is 10.5. The van der Waals surface area contributed by atoms with Crippen LogP contribution in [-0.2, 0) is 5.41 Å². The van der Waals surface area contributed by atoms with E-state index in [1.807, 2.05) is 32.0 Å². The number of hydrogen-bond donors (Lipinski definition) is 0. The summed E-state index contributed by atoms with van der Waals surface area (Å²) in [6.45, 7) is -1.42. The minimum atomic E-state index is -2.70. The molecule has 2 rings (SSSR count). The number of likely N-dealkylation sites (N-methyl/N-ethyl adjacent to an activating group) is 1. The summed E-state index contributed by atoms with van der Waals surface area (Å²) < 4.78 is 47.3. The van der Waals surface area contributed by atoms with Gasteiger partial charge < -0.3 is 4.90 Å². The Balaban J connectivity index is 0.00000338. The van der Waals surface area contributed by atoms with Crippen LogP contribution in [-0.4, -0.2) is 24.9 Å². The van der Waals surface area contributed by atoms with E-state index in [1.165, 1.54) is 0 Å². The lowest BCUT2D eigenvalue weighted by Crippen LogP contribution is -2.52. The van der Waals surface area contributed by atoms with E-state index in [2.05, 4.69) is 0 Å². The second-order valence-electron chi connectivity index (χ2n) is 6.00. The highest BCUT2D eigenvalue weighted by Gasteiger charge is 2.47. The molecule has 1 aliphatic rings. The van der Waals surface area contributed by atoms with Crippen LogP contribution < -0.4 is 0 Å². The quantitative estimate of drug-likeness (QED) is 0.724. The van der Waals surface area contributed by atoms with Crippen LogP contribution in [0.1, 0.15) is 53.3 Å². The Hall–Kier alpha value is -0.240. The van der Waals surface area contributed by atoms with E-state index in [0.717, 1.165) is 29.7 Å². The number of halogens is 2. The van der Waals surface area contributed by atoms with Gasteiger partial charge in [-0.2, -0.15) is 0 Å². The number of benzene rings is 1. The zero-order valence-corrected chi connectivity index (χ0v) is 13.6. The summed E-state index contributed by atoms with van der Waals surface area (Å²) in [7, 11) is 0. The van der Waals surface area contributed by atoms with Crippen molar-refractivity contribution in [2.75, 3.05) is 14.0 Å². The lowest BCUT2D eigenvalue weighted by atomic mass is 9.58. The van der Waals surface area contributed by atoms with Crippen molar-refractivity contribution in [2.45, 2.75) is 51.0 Å². The third-order valence-electron chi connectivity index (χ3n) is 4.30. The van der Waals surface area contributed by atoms with Gasteiger partial charge in [0.2, 0.25) is 0 Å². The van der Waals surface area contributed by atoms with Crippen molar-refractivity contribution < 1.29 is 8.22 Å². The first-order valence-corrected chi connectivity index (χ1v) is 7.32. The SMILES string of the molecule is Cl.[2H]C([2H])([2H])N(C(CC(C)C)C1(c2ccccc2Cl)CCC1)C([2H])([2H])[2H]. The van der Waals surface area contributed by atoms with Crippen molar-refractivity contribution >= 4 is 24.0 Å². The molecule has 114 valence electrons. The maximum Gasteiger partial charge on any atom is 0.0444 e. The predicted octanol–water partition coefficient (Wildman–Crippen LogP) is 5.16. The van der Waals surface area contributed by atoms with Crippen LogP contribution in [0.5, 0.6) is 0 Å². The molecule has 1 unspecified atom stereocenters. The average molecular weight is 322 g/mol. The van der Waals surface area contributed by atoms with Crippen LogP contribution >= 0.6 is 24.0 Å². The zero-order valence-electron chi connectivity index (χ0n) is 18.0. The van der Waals surface area contributed by atoms with E-state index in [-0.39, 0.29) is 18.3 Å². The molecular weight excluding hydrogens is 289 g/mol. The van der Waals surface area contributed by atoms with Gasteiger partial charge in [-0.3, -0.25) is 0 Å². The van der Waals surface area contributed by atoms with Crippen LogP contribution in [0.4, 0.5) is 0 Å². The van der Waals surface area contributed by atoms with Crippen molar-refractivity contribution in [3.63, 3.8) is 0 Å². The van der Waals surface area contributed by atoms with Gasteiger partial charge >= 0.3 is 0 Å². The second-order valence-corrected chi connectivity index (χ2v) is 6.41. The van der Waals surface area contributed by atoms with Gasteiger partial charge in [-0.05, 0) is 50.8 Å². The van der Waals surface area contributed by atoms with Crippen LogP contribution in [0.3, 0.4) is 0 Å². The zero-order chi connectivity index (χ0) is 19.0. The third kappa shape index (κ3) is 3.32. The summed E-state index contributed by atoms with van der Waals surface area (Å²) in [4.78, 5) is 0.780. The van der Waals surface area contributed by atoms with E-state index in [0.29, 0.717) is 11.4 Å². The first-order chi connectivity index (χ1) is 11.4. The molecule has 1 fully saturated rings. The Morgan fingerprint density at radius 1 is 1.30 bits per heavy atom. The number of nitrogens with zero attached hydrogens (tertiary/aromatic N) is 1. The fourth-order valence-corrected chi connectivity index (χ4v) is 3.55. The summed E-state index contributed by atoms with van der Waals surface area (Å²) in [5.41, 5.74) is 0.331. The van der Waals surface area contributed by atoms with E-state index >= 15 is 0 Å². The monoisotopic (exact) mass is 321 g/mol. The molecule has 1 nitrogen and oxygen atoms in total. The summed E-state index contributed by atoms with van der Waals surface area (Å²) in [6.07, 6.45) is 2.92. The Bertz CT molecular complexity index is 582. The molecule has 1 atom stereocenters. The van der Waals surface area contributed by atoms with Gasteiger partial charge in [-0.15, -0.1) is 12.4 Å². The minimum Gasteiger partial charge on any atom is -0.306 e. The Kier molecular flexibility index (Phi) is 3.75. The van der Waals surface area contributed by atoms with Crippen LogP contribution in [0.15, 0.2) is 24.3 Å². The maximum absolute atomic E-state index is 7.88. The number of hydrogen-bond acceptors (Lipinski definition) is 1. The molecule has 1 aliphatic carbocycles. The van der Waals surface area contributed by atoms with Crippen LogP contribution in [0.2, 0.25) is 5.02 Å². The largest absolute Gasteiger partial charge is 0.306 e. The summed E-state index contributed by atoms with van der Waals surface area (Å²) in [5.74, 6) is 0.164. The maximum atomic E-state index is 7.88. The fraction of sp³-hybridized carbons (Fsp3) is 0.647. The molecule has 0 radical (unpaired) electrons. The van der Waals surface area contributed by atoms with Gasteiger partial charge in [-0.1, -0.05) is 50.1 Å². The van der Waals surface area contributed by atoms with Gasteiger partial charge in [0.05, 0.1) is 0 Å². The summed E-state index contributed by atoms with van der Waals surface area (Å²) in [6, 6.07) is 6.79. The molecule has 0 aromatic heterocycles. The average Bonchev–Trinajstić information content (AvgIpc) is 2.35. The van der Waals surface area contributed by atoms with E-state index in [9.17, 15) is 0 Å². The van der Waals surface area contributed by atoms with Crippen molar-refractivity contribution in [1.82, 2.24) is 4.90 Å². The molecule has 0 spiro atoms. The molecule has 0 bridgehead atoms. The summed E-state index contributed by atoms with van der Waals surface area (Å²) >= 11 is 6.44. The van der Waals surface area contributed by atoms with Gasteiger partial charge in [0.15, 0.2) is 0 Å². The lowest BCUT2D eigenvalue weighted by molar-refractivity contribution is 0.0809. The molecule has 3 heteroatoms. The van der Waals surface area contributed by atoms with Gasteiger partial charge in [-0.25, -0.2) is 0 Å². The standard InChI is InChI=1S/C17H26ClN.ClH/c1-13(2)12-16(19(3)4)17(10-7-11-17)14-8-5-6-9-15(14)18;/h5-6,8-9,13,16H,7,10-12H2,1-4H3;1H/i3D3,4D3;. The lowest BCUT2D eigenvalue weighted by Gasteiger charge is -2.51. The topological polar surface area (TPSA) is 3.24 Å². The van der Waals surface area contributed by atoms with Crippen molar-refractivity contribution in [2.24, 2.45) is 5.92 Å². The van der Waals surface area contributed by atoms with E-state index < -0.39 is 25.4 Å². The van der Waals surface area contributed by atoms with Gasteiger partial charge in [0, 0.05) is 24.7 Å². The third-order valence-corrected chi connectivity index (χ3v) is 4.63.